The molecule has 184 valence electrons. The third-order valence-electron chi connectivity index (χ3n) is 8.17. The Hall–Kier alpha value is -4.18. The van der Waals surface area contributed by atoms with Crippen LogP contribution in [0.3, 0.4) is 0 Å². The summed E-state index contributed by atoms with van der Waals surface area (Å²) in [5.41, 5.74) is 3.51. The molecule has 2 aromatic carbocycles. The first kappa shape index (κ1) is 23.2. The van der Waals surface area contributed by atoms with Gasteiger partial charge < -0.3 is 5.11 Å². The van der Waals surface area contributed by atoms with Gasteiger partial charge in [0.2, 0.25) is 0 Å². The van der Waals surface area contributed by atoms with Crippen LogP contribution in [0.2, 0.25) is 0 Å². The molecule has 0 unspecified atom stereocenters. The highest BCUT2D eigenvalue weighted by molar-refractivity contribution is 5.92. The topological polar surface area (TPSA) is 82.7 Å². The van der Waals surface area contributed by atoms with Crippen molar-refractivity contribution in [3.63, 3.8) is 0 Å². The Morgan fingerprint density at radius 2 is 1.89 bits per heavy atom. The van der Waals surface area contributed by atoms with Gasteiger partial charge in [0.25, 0.3) is 0 Å². The Labute approximate surface area is 213 Å². The first-order valence-electron chi connectivity index (χ1n) is 12.3. The standard InChI is InChI=1S/C30H24F2N4O/c1-16-23-10-9-22-26(21-8-7-18(31)13-24(21)32)35-29(20-11-12-34-25-6-4-3-5-19(20)25)36-28(22)30(23,2)14-17(15-33)27(16)37/h3-8,11-13,16,23,37H,9-10,14H2,1-2H3/t16-,23-,30-/m1/s1. The summed E-state index contributed by atoms with van der Waals surface area (Å²) in [6.07, 6.45) is 3.33. The van der Waals surface area contributed by atoms with Crippen molar-refractivity contribution >= 4 is 10.9 Å². The molecule has 0 saturated heterocycles. The molecule has 2 heterocycles. The summed E-state index contributed by atoms with van der Waals surface area (Å²) in [5.74, 6) is -0.953. The lowest BCUT2D eigenvalue weighted by Crippen LogP contribution is -2.45. The Kier molecular flexibility index (Phi) is 5.30. The van der Waals surface area contributed by atoms with Gasteiger partial charge in [-0.15, -0.1) is 0 Å². The van der Waals surface area contributed by atoms with Crippen LogP contribution in [-0.4, -0.2) is 20.1 Å². The van der Waals surface area contributed by atoms with E-state index in [1.54, 1.807) is 6.20 Å². The summed E-state index contributed by atoms with van der Waals surface area (Å²) in [6, 6.07) is 15.2. The predicted molar refractivity (Wildman–Crippen MR) is 136 cm³/mol. The lowest BCUT2D eigenvalue weighted by Gasteiger charge is -2.48. The van der Waals surface area contributed by atoms with Crippen molar-refractivity contribution in [3.05, 3.63) is 89.0 Å². The second-order valence-electron chi connectivity index (χ2n) is 10.2. The number of pyridine rings is 1. The minimum atomic E-state index is -0.689. The molecule has 2 aromatic heterocycles. The number of fused-ring (bicyclic) bond motifs is 4. The average molecular weight is 495 g/mol. The van der Waals surface area contributed by atoms with E-state index in [9.17, 15) is 14.8 Å². The molecule has 1 N–H and O–H groups in total. The van der Waals surface area contributed by atoms with Gasteiger partial charge in [-0.1, -0.05) is 32.0 Å². The Morgan fingerprint density at radius 3 is 2.68 bits per heavy atom. The van der Waals surface area contributed by atoms with Gasteiger partial charge >= 0.3 is 0 Å². The lowest BCUT2D eigenvalue weighted by molar-refractivity contribution is 0.136. The van der Waals surface area contributed by atoms with Gasteiger partial charge in [0, 0.05) is 45.7 Å². The highest BCUT2D eigenvalue weighted by Crippen LogP contribution is 2.54. The van der Waals surface area contributed by atoms with Crippen LogP contribution in [0.15, 0.2) is 66.1 Å². The van der Waals surface area contributed by atoms with Gasteiger partial charge in [-0.05, 0) is 49.4 Å². The summed E-state index contributed by atoms with van der Waals surface area (Å²) in [5, 5.41) is 21.4. The number of para-hydroxylation sites is 1. The van der Waals surface area contributed by atoms with E-state index in [1.165, 1.54) is 12.1 Å². The minimum absolute atomic E-state index is 0.0416. The molecule has 0 saturated carbocycles. The number of aromatic nitrogens is 3. The first-order chi connectivity index (χ1) is 17.8. The zero-order valence-electron chi connectivity index (χ0n) is 20.5. The Balaban J connectivity index is 1.67. The highest BCUT2D eigenvalue weighted by Gasteiger charge is 2.50. The normalized spacial score (nSPS) is 22.9. The molecule has 0 spiro atoms. The van der Waals surface area contributed by atoms with Crippen LogP contribution in [0.1, 0.15) is 37.9 Å². The van der Waals surface area contributed by atoms with E-state index in [0.717, 1.165) is 40.2 Å². The molecule has 5 nitrogen and oxygen atoms in total. The molecule has 0 aliphatic heterocycles. The molecule has 0 radical (unpaired) electrons. The van der Waals surface area contributed by atoms with E-state index in [1.807, 2.05) is 37.3 Å². The number of hydrogen-bond acceptors (Lipinski definition) is 5. The van der Waals surface area contributed by atoms with E-state index in [2.05, 4.69) is 18.0 Å². The number of nitrogens with zero attached hydrogens (tertiary/aromatic N) is 4. The van der Waals surface area contributed by atoms with Crippen molar-refractivity contribution in [1.29, 1.82) is 5.26 Å². The molecule has 37 heavy (non-hydrogen) atoms. The molecule has 2 aliphatic carbocycles. The van der Waals surface area contributed by atoms with E-state index in [-0.39, 0.29) is 23.2 Å². The third kappa shape index (κ3) is 3.51. The van der Waals surface area contributed by atoms with E-state index in [0.29, 0.717) is 29.9 Å². The molecule has 3 atom stereocenters. The van der Waals surface area contributed by atoms with Crippen molar-refractivity contribution in [2.24, 2.45) is 11.8 Å². The van der Waals surface area contributed by atoms with Crippen LogP contribution in [0.5, 0.6) is 0 Å². The Bertz CT molecular complexity index is 1650. The first-order valence-corrected chi connectivity index (χ1v) is 12.3. The van der Waals surface area contributed by atoms with E-state index < -0.39 is 17.0 Å². The van der Waals surface area contributed by atoms with Crippen molar-refractivity contribution in [2.75, 3.05) is 0 Å². The molecule has 7 heteroatoms. The second kappa shape index (κ2) is 8.45. The fraction of sp³-hybridized carbons (Fsp3) is 0.267. The fourth-order valence-corrected chi connectivity index (χ4v) is 6.34. The SMILES string of the molecule is C[C@H]1C(O)=C(C#N)C[C@@]2(C)c3nc(-c4ccnc5ccccc45)nc(-c4ccc(F)cc4F)c3CC[C@H]12. The number of halogens is 2. The quantitative estimate of drug-likeness (QED) is 0.330. The van der Waals surface area contributed by atoms with Crippen LogP contribution in [0.25, 0.3) is 33.5 Å². The maximum absolute atomic E-state index is 15.2. The third-order valence-corrected chi connectivity index (χ3v) is 8.17. The largest absolute Gasteiger partial charge is 0.511 e. The van der Waals surface area contributed by atoms with Gasteiger partial charge in [-0.25, -0.2) is 18.7 Å². The summed E-state index contributed by atoms with van der Waals surface area (Å²) < 4.78 is 29.0. The monoisotopic (exact) mass is 494 g/mol. The van der Waals surface area contributed by atoms with Gasteiger partial charge in [-0.2, -0.15) is 5.26 Å². The zero-order valence-corrected chi connectivity index (χ0v) is 20.5. The van der Waals surface area contributed by atoms with Gasteiger partial charge in [0.15, 0.2) is 5.82 Å². The lowest BCUT2D eigenvalue weighted by atomic mass is 9.56. The van der Waals surface area contributed by atoms with Crippen LogP contribution in [0.4, 0.5) is 8.78 Å². The fourth-order valence-electron chi connectivity index (χ4n) is 6.34. The number of hydrogen-bond donors (Lipinski definition) is 1. The number of benzene rings is 2. The summed E-state index contributed by atoms with van der Waals surface area (Å²) in [4.78, 5) is 14.4. The van der Waals surface area contributed by atoms with Gasteiger partial charge in [-0.3, -0.25) is 4.98 Å². The molecule has 6 rings (SSSR count). The summed E-state index contributed by atoms with van der Waals surface area (Å²) in [7, 11) is 0. The van der Waals surface area contributed by atoms with Gasteiger partial charge in [0.1, 0.15) is 17.4 Å². The molecule has 0 amide bonds. The van der Waals surface area contributed by atoms with Crippen LogP contribution in [-0.2, 0) is 11.8 Å². The van der Waals surface area contributed by atoms with E-state index in [4.69, 9.17) is 9.97 Å². The number of allylic oxidation sites excluding steroid dienone is 2. The molecular weight excluding hydrogens is 470 g/mol. The Morgan fingerprint density at radius 1 is 1.08 bits per heavy atom. The van der Waals surface area contributed by atoms with Crippen molar-refractivity contribution in [1.82, 2.24) is 15.0 Å². The predicted octanol–water partition coefficient (Wildman–Crippen LogP) is 6.83. The number of aliphatic hydroxyl groups excluding tert-OH is 1. The van der Waals surface area contributed by atoms with E-state index >= 15 is 4.39 Å². The molecular formula is C30H24F2N4O. The maximum Gasteiger partial charge on any atom is 0.160 e. The van der Waals surface area contributed by atoms with Gasteiger partial charge in [0.05, 0.1) is 28.5 Å². The van der Waals surface area contributed by atoms with Crippen LogP contribution < -0.4 is 0 Å². The zero-order chi connectivity index (χ0) is 25.9. The van der Waals surface area contributed by atoms with Crippen molar-refractivity contribution < 1.29 is 13.9 Å². The molecule has 2 aliphatic rings. The smallest absolute Gasteiger partial charge is 0.160 e. The molecule has 4 aromatic rings. The average Bonchev–Trinajstić information content (AvgIpc) is 2.90. The van der Waals surface area contributed by atoms with Crippen LogP contribution >= 0.6 is 0 Å². The number of rotatable bonds is 2. The number of nitriles is 1. The van der Waals surface area contributed by atoms with Crippen molar-refractivity contribution in [3.8, 4) is 28.7 Å². The van der Waals surface area contributed by atoms with Crippen LogP contribution in [0, 0.1) is 34.8 Å². The second-order valence-corrected chi connectivity index (χ2v) is 10.2. The maximum atomic E-state index is 15.2. The molecule has 0 fully saturated rings. The summed E-state index contributed by atoms with van der Waals surface area (Å²) in [6.45, 7) is 4.01. The highest BCUT2D eigenvalue weighted by atomic mass is 19.1. The molecule has 0 bridgehead atoms. The van der Waals surface area contributed by atoms with Crippen molar-refractivity contribution in [2.45, 2.75) is 38.5 Å². The number of aliphatic hydroxyl groups is 1. The summed E-state index contributed by atoms with van der Waals surface area (Å²) >= 11 is 0. The minimum Gasteiger partial charge on any atom is -0.511 e.